The van der Waals surface area contributed by atoms with Crippen molar-refractivity contribution in [2.75, 3.05) is 117 Å². The van der Waals surface area contributed by atoms with Crippen LogP contribution in [-0.4, -0.2) is 147 Å². The Morgan fingerprint density at radius 3 is 0.511 bits per heavy atom. The van der Waals surface area contributed by atoms with E-state index >= 15 is 0 Å². The monoisotopic (exact) mass is 785 g/mol. The summed E-state index contributed by atoms with van der Waals surface area (Å²) in [6, 6.07) is 0. The zero-order chi connectivity index (χ0) is 33.2. The van der Waals surface area contributed by atoms with Crippen molar-refractivity contribution in [3.63, 3.8) is 0 Å². The predicted molar refractivity (Wildman–Crippen MR) is 169 cm³/mol. The van der Waals surface area contributed by atoms with Crippen molar-refractivity contribution in [2.45, 2.75) is 39.5 Å². The van der Waals surface area contributed by atoms with Gasteiger partial charge in [0.1, 0.15) is 22.4 Å². The first kappa shape index (κ1) is 67.9. The van der Waals surface area contributed by atoms with Gasteiger partial charge < -0.3 is 63.2 Å². The zero-order valence-corrected chi connectivity index (χ0v) is 32.6. The molecule has 0 unspecified atom stereocenters. The van der Waals surface area contributed by atoms with Gasteiger partial charge in [-0.2, -0.15) is 11.5 Å². The van der Waals surface area contributed by atoms with E-state index in [0.717, 1.165) is 37.9 Å². The molecule has 0 atom stereocenters. The molecule has 45 heavy (non-hydrogen) atoms. The van der Waals surface area contributed by atoms with Crippen LogP contribution in [0.2, 0.25) is 0 Å². The standard InChI is InChI=1S/C12H24O6.2C4H8O.2C2H6S.2Fe.4NO.Na/c1-2-14-5-6-16-9-10-18-12-11-17-8-7-15-4-3-13-1;2*1-2-4-5-3-1;2*1-2-3;;;4*1-2;/h1-12H2;2*1-4H2;2*3H,2H2,1H3;;;;;;;/p-2. The van der Waals surface area contributed by atoms with E-state index in [4.69, 9.17) is 79.9 Å². The Morgan fingerprint density at radius 1 is 0.356 bits per heavy atom. The van der Waals surface area contributed by atoms with E-state index in [1.54, 1.807) is 0 Å². The van der Waals surface area contributed by atoms with Crippen molar-refractivity contribution < 1.29 is 72.0 Å². The molecule has 0 N–H and O–H groups in total. The first-order valence-electron chi connectivity index (χ1n) is 13.3. The van der Waals surface area contributed by atoms with Gasteiger partial charge in [-0.1, -0.05) is 13.8 Å². The van der Waals surface area contributed by atoms with Crippen molar-refractivity contribution >= 4 is 54.8 Å². The van der Waals surface area contributed by atoms with Gasteiger partial charge in [-0.15, -0.1) is 19.6 Å². The Hall–Kier alpha value is 0.819. The van der Waals surface area contributed by atoms with Crippen LogP contribution in [0.15, 0.2) is 0 Å². The fraction of sp³-hybridized carbons (Fsp3) is 1.00. The summed E-state index contributed by atoms with van der Waals surface area (Å²) in [5, 5.41) is 0. The van der Waals surface area contributed by atoms with Crippen LogP contribution in [0.3, 0.4) is 0 Å². The van der Waals surface area contributed by atoms with Gasteiger partial charge in [-0.3, -0.25) is 0 Å². The molecule has 16 nitrogen and oxygen atoms in total. The van der Waals surface area contributed by atoms with Gasteiger partial charge in [0.25, 0.3) is 0 Å². The molecule has 3 rings (SSSR count). The molecule has 0 amide bonds. The molecule has 0 aliphatic carbocycles. The van der Waals surface area contributed by atoms with Crippen molar-refractivity contribution in [2.24, 2.45) is 0 Å². The third-order valence-corrected chi connectivity index (χ3v) is 3.89. The van der Waals surface area contributed by atoms with Gasteiger partial charge in [0, 0.05) is 90.1 Å². The maximum atomic E-state index is 7.25. The SMILES string of the molecule is C1CCOC1.C1CCOC1.C1COCCOCCOCCOCCOCCO1.CC[S-].CC[S-].[Fe].[Fe].[N]=O.[N]=O.[N]=O.[N]=O.[Na]. The smallest absolute Gasteiger partial charge is 0.120 e. The molecule has 21 heteroatoms. The second kappa shape index (κ2) is 90.6. The molecule has 3 fully saturated rings. The van der Waals surface area contributed by atoms with Crippen LogP contribution >= 0.6 is 0 Å². The Balaban J connectivity index is -0.0000000568. The van der Waals surface area contributed by atoms with Gasteiger partial charge in [0.05, 0.1) is 79.3 Å². The van der Waals surface area contributed by atoms with Gasteiger partial charge in [0.2, 0.25) is 0 Å². The number of hydrogen-bond acceptors (Lipinski definition) is 14. The van der Waals surface area contributed by atoms with Crippen molar-refractivity contribution in [1.82, 2.24) is 22.4 Å². The second-order valence-corrected chi connectivity index (χ2v) is 8.05. The molecular weight excluding hydrogens is 735 g/mol. The largest absolute Gasteiger partial charge is 0.793 e. The molecule has 3 heterocycles. The average molecular weight is 785 g/mol. The summed E-state index contributed by atoms with van der Waals surface area (Å²) in [6.45, 7) is 14.9. The molecule has 269 valence electrons. The summed E-state index contributed by atoms with van der Waals surface area (Å²) in [4.78, 5) is 29.0. The van der Waals surface area contributed by atoms with E-state index in [2.05, 4.69) is 25.3 Å². The topological polar surface area (TPSA) is 231 Å². The van der Waals surface area contributed by atoms with Gasteiger partial charge in [-0.25, -0.2) is 0 Å². The first-order valence-corrected chi connectivity index (χ1v) is 14.5. The first-order chi connectivity index (χ1) is 20.8. The maximum absolute atomic E-state index is 7.25. The zero-order valence-electron chi connectivity index (χ0n) is 26.8. The number of nitrogens with zero attached hydrogens (tertiary/aromatic N) is 4. The minimum absolute atomic E-state index is 0. The van der Waals surface area contributed by atoms with Crippen LogP contribution in [0.1, 0.15) is 39.5 Å². The quantitative estimate of drug-likeness (QED) is 0.242. The second-order valence-electron chi connectivity index (χ2n) is 6.89. The van der Waals surface area contributed by atoms with E-state index in [9.17, 15) is 0 Å². The summed E-state index contributed by atoms with van der Waals surface area (Å²) < 4.78 is 41.9. The van der Waals surface area contributed by atoms with Gasteiger partial charge in [0.15, 0.2) is 0 Å². The van der Waals surface area contributed by atoms with Crippen LogP contribution in [0.4, 0.5) is 0 Å². The van der Waals surface area contributed by atoms with E-state index in [1.165, 1.54) is 25.7 Å². The Kier molecular flexibility index (Phi) is 137. The Morgan fingerprint density at radius 2 is 0.444 bits per heavy atom. The molecule has 0 spiro atoms. The van der Waals surface area contributed by atoms with Crippen LogP contribution in [-0.2, 0) is 97.3 Å². The molecule has 0 bridgehead atoms. The minimum atomic E-state index is 0. The maximum Gasteiger partial charge on any atom is 0.120 e. The molecule has 0 saturated carbocycles. The van der Waals surface area contributed by atoms with Crippen molar-refractivity contribution in [1.29, 1.82) is 0 Å². The predicted octanol–water partition coefficient (Wildman–Crippen LogP) is 0.625. The summed E-state index contributed by atoms with van der Waals surface area (Å²) >= 11 is 8.79. The van der Waals surface area contributed by atoms with Crippen molar-refractivity contribution in [3.05, 3.63) is 19.6 Å². The Labute approximate surface area is 323 Å². The molecule has 5 radical (unpaired) electrons. The normalized spacial score (nSPS) is 16.1. The van der Waals surface area contributed by atoms with E-state index in [-0.39, 0.29) is 63.7 Å². The number of ether oxygens (including phenoxy) is 8. The molecule has 0 aromatic carbocycles. The average Bonchev–Trinajstić information content (AvgIpc) is 3.83. The Bertz CT molecular complexity index is 310. The van der Waals surface area contributed by atoms with E-state index < -0.39 is 0 Å². The number of hydrogen-bond donors (Lipinski definition) is 0. The molecule has 0 aromatic rings. The third kappa shape index (κ3) is 98.9. The summed E-state index contributed by atoms with van der Waals surface area (Å²) in [7, 11) is 0. The van der Waals surface area contributed by atoms with Crippen LogP contribution in [0.5, 0.6) is 0 Å². The molecule has 0 aromatic heterocycles. The molecule has 3 aliphatic rings. The van der Waals surface area contributed by atoms with E-state index in [0.29, 0.717) is 79.3 Å². The summed E-state index contributed by atoms with van der Waals surface area (Å²) in [5.74, 6) is 1.67. The van der Waals surface area contributed by atoms with Crippen molar-refractivity contribution in [3.8, 4) is 0 Å². The van der Waals surface area contributed by atoms with E-state index in [1.807, 2.05) is 13.8 Å². The van der Waals surface area contributed by atoms with Crippen LogP contribution in [0.25, 0.3) is 0 Å². The van der Waals surface area contributed by atoms with Crippen LogP contribution in [0, 0.1) is 19.6 Å². The number of nitroso groups, excluding NO2 is 4. The molecular formula is C24H50Fe2N4NaO12S2-2. The molecule has 3 aliphatic heterocycles. The summed E-state index contributed by atoms with van der Waals surface area (Å²) in [6.07, 6.45) is 5.11. The fourth-order valence-electron chi connectivity index (χ4n) is 2.34. The molecule has 3 saturated heterocycles. The third-order valence-electron chi connectivity index (χ3n) is 3.89. The minimum Gasteiger partial charge on any atom is -0.793 e. The number of rotatable bonds is 0. The summed E-state index contributed by atoms with van der Waals surface area (Å²) in [5.41, 5.74) is 23.0. The van der Waals surface area contributed by atoms with Gasteiger partial charge >= 0.3 is 0 Å². The van der Waals surface area contributed by atoms with Gasteiger partial charge in [-0.05, 0) is 25.7 Å². The fourth-order valence-corrected chi connectivity index (χ4v) is 2.34. The van der Waals surface area contributed by atoms with Crippen LogP contribution < -0.4 is 22.4 Å².